The maximum Gasteiger partial charge on any atom is 0.339 e. The molecule has 0 aliphatic heterocycles. The summed E-state index contributed by atoms with van der Waals surface area (Å²) in [6.07, 6.45) is 0. The van der Waals surface area contributed by atoms with Crippen LogP contribution in [0.2, 0.25) is 0 Å². The molecule has 0 aromatic rings. The topological polar surface area (TPSA) is 119 Å². The number of nitrogens with two attached hydrogens (primary N) is 2. The average molecular weight is 164 g/mol. The molecule has 0 atom stereocenters. The zero-order chi connectivity index (χ0) is 9.28. The van der Waals surface area contributed by atoms with Crippen LogP contribution in [0, 0.1) is 0 Å². The van der Waals surface area contributed by atoms with E-state index in [1.165, 1.54) is 14.0 Å². The summed E-state index contributed by atoms with van der Waals surface area (Å²) < 4.78 is 0. The molecule has 0 bridgehead atoms. The second kappa shape index (κ2) is 8.66. The molecule has 0 heterocycles. The number of hydrogen-bond acceptors (Lipinski definition) is 4. The third-order valence-corrected chi connectivity index (χ3v) is 0.379. The van der Waals surface area contributed by atoms with Gasteiger partial charge in [0.2, 0.25) is 5.91 Å². The van der Waals surface area contributed by atoms with E-state index < -0.39 is 6.03 Å². The Labute approximate surface area is 64.0 Å². The van der Waals surface area contributed by atoms with Gasteiger partial charge in [0.25, 0.3) is 0 Å². The lowest BCUT2D eigenvalue weighted by Crippen LogP contribution is -2.34. The highest BCUT2D eigenvalue weighted by molar-refractivity contribution is 5.72. The lowest BCUT2D eigenvalue weighted by Gasteiger charge is -1.95. The first-order valence-corrected chi connectivity index (χ1v) is 2.64. The van der Waals surface area contributed by atoms with Gasteiger partial charge in [0.05, 0.1) is 0 Å². The van der Waals surface area contributed by atoms with Crippen LogP contribution < -0.4 is 22.4 Å². The monoisotopic (exact) mass is 164 g/mol. The molecule has 0 saturated heterocycles. The SMILES string of the molecule is CC(N)=O.CNC(=O)NON. The number of amides is 3. The summed E-state index contributed by atoms with van der Waals surface area (Å²) >= 11 is 0. The van der Waals surface area contributed by atoms with E-state index in [4.69, 9.17) is 0 Å². The summed E-state index contributed by atoms with van der Waals surface area (Å²) in [4.78, 5) is 22.9. The van der Waals surface area contributed by atoms with Crippen molar-refractivity contribution >= 4 is 11.9 Å². The fourth-order valence-electron chi connectivity index (χ4n) is 0.105. The Balaban J connectivity index is 0. The molecule has 0 saturated carbocycles. The van der Waals surface area contributed by atoms with E-state index in [1.807, 2.05) is 5.48 Å². The minimum absolute atomic E-state index is 0.333. The summed E-state index contributed by atoms with van der Waals surface area (Å²) in [5.74, 6) is 4.10. The first-order valence-electron chi connectivity index (χ1n) is 2.64. The number of primary amides is 1. The number of urea groups is 1. The summed E-state index contributed by atoms with van der Waals surface area (Å²) in [5.41, 5.74) is 6.30. The Morgan fingerprint density at radius 2 is 1.82 bits per heavy atom. The van der Waals surface area contributed by atoms with Crippen molar-refractivity contribution in [3.05, 3.63) is 0 Å². The zero-order valence-electron chi connectivity index (χ0n) is 6.38. The van der Waals surface area contributed by atoms with Crippen molar-refractivity contribution in [1.29, 1.82) is 0 Å². The van der Waals surface area contributed by atoms with Gasteiger partial charge in [-0.15, -0.1) is 0 Å². The highest BCUT2D eigenvalue weighted by atomic mass is 16.8. The molecule has 11 heavy (non-hydrogen) atoms. The van der Waals surface area contributed by atoms with Crippen molar-refractivity contribution in [2.45, 2.75) is 6.92 Å². The molecule has 0 unspecified atom stereocenters. The van der Waals surface area contributed by atoms with Crippen LogP contribution in [0.15, 0.2) is 0 Å². The molecule has 0 radical (unpaired) electrons. The fraction of sp³-hybridized carbons (Fsp3) is 0.500. The lowest BCUT2D eigenvalue weighted by molar-refractivity contribution is -0.115. The number of carbonyl (C=O) groups excluding carboxylic acids is 2. The Bertz CT molecular complexity index is 123. The predicted octanol–water partition coefficient (Wildman–Crippen LogP) is -1.79. The number of nitrogens with one attached hydrogen (secondary N) is 2. The van der Waals surface area contributed by atoms with Crippen LogP contribution in [0.5, 0.6) is 0 Å². The van der Waals surface area contributed by atoms with Crippen LogP contribution in [0.25, 0.3) is 0 Å². The molecule has 0 aliphatic rings. The van der Waals surface area contributed by atoms with Gasteiger partial charge in [0.1, 0.15) is 0 Å². The standard InChI is InChI=1S/C2H7N3O2.C2H5NO/c1-4-2(6)5-7-3;1-2(3)4/h3H2,1H3,(H2,4,5,6);1H3,(H2,3,4). The van der Waals surface area contributed by atoms with E-state index in [2.05, 4.69) is 21.9 Å². The largest absolute Gasteiger partial charge is 0.370 e. The summed E-state index contributed by atoms with van der Waals surface area (Å²) in [6, 6.07) is -0.470. The maximum absolute atomic E-state index is 9.98. The van der Waals surface area contributed by atoms with E-state index in [0.717, 1.165) is 0 Å². The third-order valence-electron chi connectivity index (χ3n) is 0.379. The smallest absolute Gasteiger partial charge is 0.339 e. The van der Waals surface area contributed by atoms with Crippen LogP contribution in [0.4, 0.5) is 4.79 Å². The molecule has 7 heteroatoms. The van der Waals surface area contributed by atoms with Crippen molar-refractivity contribution in [3.63, 3.8) is 0 Å². The molecule has 0 spiro atoms. The Morgan fingerprint density at radius 1 is 1.45 bits per heavy atom. The molecule has 0 aromatic heterocycles. The number of hydrogen-bond donors (Lipinski definition) is 4. The molecule has 0 rings (SSSR count). The fourth-order valence-corrected chi connectivity index (χ4v) is 0.105. The summed E-state index contributed by atoms with van der Waals surface area (Å²) in [6.45, 7) is 1.31. The lowest BCUT2D eigenvalue weighted by atomic mass is 10.8. The van der Waals surface area contributed by atoms with Gasteiger partial charge in [-0.2, -0.15) is 16.3 Å². The van der Waals surface area contributed by atoms with Crippen molar-refractivity contribution in [2.75, 3.05) is 7.05 Å². The Morgan fingerprint density at radius 3 is 1.91 bits per heavy atom. The van der Waals surface area contributed by atoms with Gasteiger partial charge in [-0.05, 0) is 0 Å². The first kappa shape index (κ1) is 12.3. The van der Waals surface area contributed by atoms with Crippen molar-refractivity contribution in [1.82, 2.24) is 10.8 Å². The van der Waals surface area contributed by atoms with Crippen LogP contribution >= 0.6 is 0 Å². The predicted molar refractivity (Wildman–Crippen MR) is 37.7 cm³/mol. The van der Waals surface area contributed by atoms with Gasteiger partial charge in [-0.1, -0.05) is 0 Å². The highest BCUT2D eigenvalue weighted by Gasteiger charge is 1.87. The van der Waals surface area contributed by atoms with Gasteiger partial charge in [0.15, 0.2) is 0 Å². The van der Waals surface area contributed by atoms with Crippen molar-refractivity contribution in [3.8, 4) is 0 Å². The molecular weight excluding hydrogens is 152 g/mol. The quantitative estimate of drug-likeness (QED) is 0.342. The van der Waals surface area contributed by atoms with E-state index in [0.29, 0.717) is 0 Å². The van der Waals surface area contributed by atoms with Crippen LogP contribution in [0.1, 0.15) is 6.92 Å². The molecule has 3 amide bonds. The van der Waals surface area contributed by atoms with Gasteiger partial charge in [-0.3, -0.25) is 4.79 Å². The van der Waals surface area contributed by atoms with E-state index in [-0.39, 0.29) is 5.91 Å². The molecule has 0 aromatic carbocycles. The van der Waals surface area contributed by atoms with Gasteiger partial charge in [-0.25, -0.2) is 4.79 Å². The van der Waals surface area contributed by atoms with Crippen LogP contribution in [-0.2, 0) is 9.73 Å². The average Bonchev–Trinajstić information content (AvgIpc) is 1.87. The Hall–Kier alpha value is -1.34. The molecule has 66 valence electrons. The number of hydroxylamine groups is 1. The second-order valence-electron chi connectivity index (χ2n) is 1.41. The zero-order valence-corrected chi connectivity index (χ0v) is 6.38. The minimum Gasteiger partial charge on any atom is -0.370 e. The van der Waals surface area contributed by atoms with Crippen molar-refractivity contribution < 1.29 is 14.5 Å². The first-order chi connectivity index (χ1) is 5.04. The van der Waals surface area contributed by atoms with Gasteiger partial charge >= 0.3 is 6.03 Å². The second-order valence-corrected chi connectivity index (χ2v) is 1.41. The van der Waals surface area contributed by atoms with Crippen molar-refractivity contribution in [2.24, 2.45) is 11.6 Å². The third kappa shape index (κ3) is 28.7. The highest BCUT2D eigenvalue weighted by Crippen LogP contribution is 1.53. The maximum atomic E-state index is 9.98. The molecule has 0 aliphatic carbocycles. The van der Waals surface area contributed by atoms with Gasteiger partial charge < -0.3 is 11.1 Å². The molecular formula is C4H12N4O3. The van der Waals surface area contributed by atoms with E-state index in [9.17, 15) is 9.59 Å². The summed E-state index contributed by atoms with van der Waals surface area (Å²) in [7, 11) is 1.45. The summed E-state index contributed by atoms with van der Waals surface area (Å²) in [5, 5.41) is 2.21. The van der Waals surface area contributed by atoms with Crippen LogP contribution in [-0.4, -0.2) is 19.0 Å². The number of carbonyl (C=O) groups is 2. The van der Waals surface area contributed by atoms with E-state index >= 15 is 0 Å². The minimum atomic E-state index is -0.470. The van der Waals surface area contributed by atoms with Crippen LogP contribution in [0.3, 0.4) is 0 Å². The normalized spacial score (nSPS) is 7.18. The molecule has 0 fully saturated rings. The molecule has 6 N–H and O–H groups in total. The van der Waals surface area contributed by atoms with E-state index in [1.54, 1.807) is 0 Å². The Kier molecular flexibility index (Phi) is 9.72. The van der Waals surface area contributed by atoms with Gasteiger partial charge in [0, 0.05) is 14.0 Å². The molecule has 7 nitrogen and oxygen atoms in total. The number of rotatable bonds is 1.